The minimum Gasteiger partial charge on any atom is -0.479 e. The molecule has 10 heteroatoms. The molecule has 0 aromatic heterocycles. The highest BCUT2D eigenvalue weighted by molar-refractivity contribution is 6.64. The zero-order chi connectivity index (χ0) is 21.5. The maximum Gasteiger partial charge on any atom is 0.255 e. The third kappa shape index (κ3) is 7.96. The van der Waals surface area contributed by atoms with Crippen molar-refractivity contribution < 1.29 is 14.3 Å². The summed E-state index contributed by atoms with van der Waals surface area (Å²) in [6.07, 6.45) is 6.64. The minimum atomic E-state index is -0.645. The molecule has 31 heavy (non-hydrogen) atoms. The number of carbonyl (C=O) groups excluding carboxylic acids is 1. The van der Waals surface area contributed by atoms with E-state index in [0.717, 1.165) is 30.5 Å². The van der Waals surface area contributed by atoms with E-state index in [0.29, 0.717) is 5.88 Å². The van der Waals surface area contributed by atoms with Crippen molar-refractivity contribution in [1.29, 1.82) is 0 Å². The highest BCUT2D eigenvalue weighted by atomic mass is 35.5. The van der Waals surface area contributed by atoms with Crippen LogP contribution in [-0.4, -0.2) is 54.8 Å². The molecule has 3 aliphatic rings. The fourth-order valence-corrected chi connectivity index (χ4v) is 3.35. The Morgan fingerprint density at radius 3 is 2.16 bits per heavy atom. The highest BCUT2D eigenvalue weighted by Crippen LogP contribution is 2.35. The first-order valence-electron chi connectivity index (χ1n) is 10.2. The van der Waals surface area contributed by atoms with Crippen LogP contribution in [0.3, 0.4) is 0 Å². The second-order valence-electron chi connectivity index (χ2n) is 7.79. The lowest BCUT2D eigenvalue weighted by atomic mass is 10.1. The number of ether oxygens (including phenoxy) is 2. The summed E-state index contributed by atoms with van der Waals surface area (Å²) in [5.41, 5.74) is 0.778. The molecule has 0 radical (unpaired) electrons. The summed E-state index contributed by atoms with van der Waals surface area (Å²) in [7, 11) is 5.04. The van der Waals surface area contributed by atoms with Gasteiger partial charge in [0.1, 0.15) is 0 Å². The molecule has 1 aliphatic heterocycles. The quantitative estimate of drug-likeness (QED) is 0.491. The van der Waals surface area contributed by atoms with Gasteiger partial charge in [0.2, 0.25) is 0 Å². The summed E-state index contributed by atoms with van der Waals surface area (Å²) in [5.74, 6) is 2.24. The smallest absolute Gasteiger partial charge is 0.255 e. The van der Waals surface area contributed by atoms with E-state index >= 15 is 0 Å². The van der Waals surface area contributed by atoms with Crippen LogP contribution in [0.15, 0.2) is 52.8 Å². The van der Waals surface area contributed by atoms with Gasteiger partial charge >= 0.3 is 0 Å². The van der Waals surface area contributed by atoms with Gasteiger partial charge in [-0.2, -0.15) is 5.01 Å². The standard InChI is InChI=1S/C12H21N5O.C9H9ClO2.ClH/c1-15-9-12(18-2)13-14-17(15)16(7-10-3-4-10)8-11-5-6-11;1-12-8(9(10)11)7-5-3-2-4-6-7;/h9-11H,3-8H2,1-2H3;2-6,8H,1H3;1H. The molecular weight excluding hydrogens is 441 g/mol. The van der Waals surface area contributed by atoms with Crippen molar-refractivity contribution in [3.8, 4) is 0 Å². The zero-order valence-electron chi connectivity index (χ0n) is 18.2. The summed E-state index contributed by atoms with van der Waals surface area (Å²) < 4.78 is 10.0. The first-order chi connectivity index (χ1) is 14.5. The van der Waals surface area contributed by atoms with Gasteiger partial charge in [-0.3, -0.25) is 9.80 Å². The third-order valence-electron chi connectivity index (χ3n) is 5.14. The number of methoxy groups -OCH3 is 2. The summed E-state index contributed by atoms with van der Waals surface area (Å²) in [6, 6.07) is 9.14. The molecule has 1 heterocycles. The Hall–Kier alpha value is -1.87. The zero-order valence-corrected chi connectivity index (χ0v) is 19.8. The monoisotopic (exact) mass is 471 g/mol. The van der Waals surface area contributed by atoms with Gasteiger partial charge in [-0.1, -0.05) is 35.4 Å². The van der Waals surface area contributed by atoms with Crippen molar-refractivity contribution in [2.24, 2.45) is 22.2 Å². The van der Waals surface area contributed by atoms with Crippen LogP contribution in [0, 0.1) is 11.8 Å². The Bertz CT molecular complexity index is 743. The van der Waals surface area contributed by atoms with Crippen LogP contribution in [-0.2, 0) is 14.3 Å². The molecule has 1 aromatic rings. The number of hydrogen-bond acceptors (Lipinski definition) is 8. The van der Waals surface area contributed by atoms with E-state index in [2.05, 4.69) is 15.3 Å². The van der Waals surface area contributed by atoms with E-state index in [1.165, 1.54) is 32.8 Å². The van der Waals surface area contributed by atoms with Crippen LogP contribution in [0.25, 0.3) is 0 Å². The lowest BCUT2D eigenvalue weighted by molar-refractivity contribution is -0.167. The van der Waals surface area contributed by atoms with Gasteiger partial charge in [0.15, 0.2) is 6.10 Å². The Morgan fingerprint density at radius 1 is 1.16 bits per heavy atom. The second kappa shape index (κ2) is 12.2. The molecule has 8 nitrogen and oxygen atoms in total. The minimum absolute atomic E-state index is 0. The third-order valence-corrected chi connectivity index (χ3v) is 5.34. The van der Waals surface area contributed by atoms with Crippen LogP contribution in [0.4, 0.5) is 0 Å². The number of hydrogen-bond donors (Lipinski definition) is 0. The second-order valence-corrected chi connectivity index (χ2v) is 8.16. The highest BCUT2D eigenvalue weighted by Gasteiger charge is 2.33. The van der Waals surface area contributed by atoms with Crippen molar-refractivity contribution in [3.05, 3.63) is 48.0 Å². The summed E-state index contributed by atoms with van der Waals surface area (Å²) in [5, 5.41) is 13.9. The van der Waals surface area contributed by atoms with Gasteiger partial charge in [-0.05, 0) is 59.9 Å². The lowest BCUT2D eigenvalue weighted by Gasteiger charge is -2.37. The van der Waals surface area contributed by atoms with Gasteiger partial charge in [0, 0.05) is 27.2 Å². The number of halogens is 2. The molecule has 1 aromatic carbocycles. The Labute approximate surface area is 195 Å². The fourth-order valence-electron chi connectivity index (χ4n) is 3.14. The fraction of sp³-hybridized carbons (Fsp3) is 0.571. The van der Waals surface area contributed by atoms with Crippen LogP contribution < -0.4 is 0 Å². The van der Waals surface area contributed by atoms with Gasteiger partial charge in [0.05, 0.1) is 13.3 Å². The molecule has 0 N–H and O–H groups in total. The maximum absolute atomic E-state index is 10.8. The summed E-state index contributed by atoms with van der Waals surface area (Å²) >= 11 is 5.31. The van der Waals surface area contributed by atoms with Crippen molar-refractivity contribution in [1.82, 2.24) is 15.2 Å². The number of hydrazine groups is 2. The number of rotatable bonds is 9. The average molecular weight is 472 g/mol. The molecule has 2 fully saturated rings. The predicted octanol–water partition coefficient (Wildman–Crippen LogP) is 4.56. The Balaban J connectivity index is 0.000000231. The summed E-state index contributed by atoms with van der Waals surface area (Å²) in [4.78, 5) is 10.8. The molecular formula is C21H31Cl2N5O3. The molecule has 172 valence electrons. The molecule has 1 atom stereocenters. The molecule has 0 bridgehead atoms. The molecule has 0 saturated heterocycles. The summed E-state index contributed by atoms with van der Waals surface area (Å²) in [6.45, 7) is 2.19. The van der Waals surface area contributed by atoms with Gasteiger partial charge < -0.3 is 9.47 Å². The SMILES string of the molecule is COC(C(=O)Cl)c1ccccc1.COC1=CN(C)N(N(CC2CC2)CC2CC2)N=N1.Cl. The first kappa shape index (κ1) is 25.4. The van der Waals surface area contributed by atoms with Crippen molar-refractivity contribution in [2.75, 3.05) is 34.4 Å². The van der Waals surface area contributed by atoms with Crippen LogP contribution in [0.5, 0.6) is 0 Å². The van der Waals surface area contributed by atoms with E-state index in [9.17, 15) is 4.79 Å². The topological polar surface area (TPSA) is 70.0 Å². The lowest BCUT2D eigenvalue weighted by Crippen LogP contribution is -2.49. The molecule has 1 unspecified atom stereocenters. The van der Waals surface area contributed by atoms with Gasteiger partial charge in [0.25, 0.3) is 11.1 Å². The predicted molar refractivity (Wildman–Crippen MR) is 121 cm³/mol. The number of carbonyl (C=O) groups is 1. The molecule has 2 saturated carbocycles. The largest absolute Gasteiger partial charge is 0.479 e. The molecule has 2 aliphatic carbocycles. The van der Waals surface area contributed by atoms with Crippen molar-refractivity contribution >= 4 is 29.3 Å². The maximum atomic E-state index is 10.8. The normalized spacial score (nSPS) is 18.5. The van der Waals surface area contributed by atoms with Crippen molar-refractivity contribution in [2.45, 2.75) is 31.8 Å². The first-order valence-corrected chi connectivity index (χ1v) is 10.6. The van der Waals surface area contributed by atoms with Gasteiger partial charge in [-0.15, -0.1) is 17.6 Å². The van der Waals surface area contributed by atoms with Gasteiger partial charge in [-0.25, -0.2) is 0 Å². The Morgan fingerprint density at radius 2 is 1.74 bits per heavy atom. The Kier molecular flexibility index (Phi) is 10.0. The van der Waals surface area contributed by atoms with Crippen LogP contribution in [0.1, 0.15) is 37.4 Å². The van der Waals surface area contributed by atoms with E-state index in [4.69, 9.17) is 21.1 Å². The van der Waals surface area contributed by atoms with Crippen LogP contribution in [0.2, 0.25) is 0 Å². The molecule has 0 amide bonds. The van der Waals surface area contributed by atoms with Crippen LogP contribution >= 0.6 is 24.0 Å². The molecule has 4 rings (SSSR count). The number of nitrogens with zero attached hydrogens (tertiary/aromatic N) is 5. The van der Waals surface area contributed by atoms with E-state index < -0.39 is 11.3 Å². The number of benzene rings is 1. The van der Waals surface area contributed by atoms with Crippen molar-refractivity contribution in [3.63, 3.8) is 0 Å². The van der Waals surface area contributed by atoms with E-state index in [1.807, 2.05) is 41.7 Å². The molecule has 0 spiro atoms. The van der Waals surface area contributed by atoms with E-state index in [1.54, 1.807) is 19.2 Å². The van der Waals surface area contributed by atoms with E-state index in [-0.39, 0.29) is 12.4 Å². The average Bonchev–Trinajstić information content (AvgIpc) is 3.66.